The van der Waals surface area contributed by atoms with Crippen molar-refractivity contribution in [1.82, 2.24) is 4.72 Å². The maximum atomic E-state index is 13.6. The molecule has 1 N–H and O–H groups in total. The van der Waals surface area contributed by atoms with Gasteiger partial charge in [-0.3, -0.25) is 10.1 Å². The zero-order valence-corrected chi connectivity index (χ0v) is 12.4. The highest BCUT2D eigenvalue weighted by Crippen LogP contribution is 2.27. The SMILES string of the molecule is Cc1cc(S(=O)(=O)NC2(C)CCOC2)cc([N+](=O)[O-])c1F. The molecule has 1 aromatic rings. The molecule has 9 heteroatoms. The second-order valence-electron chi connectivity index (χ2n) is 5.30. The third kappa shape index (κ3) is 3.20. The summed E-state index contributed by atoms with van der Waals surface area (Å²) in [5, 5.41) is 10.8. The molecular formula is C12H15FN2O5S. The molecular weight excluding hydrogens is 303 g/mol. The van der Waals surface area contributed by atoms with Gasteiger partial charge in [-0.25, -0.2) is 13.1 Å². The summed E-state index contributed by atoms with van der Waals surface area (Å²) in [6.45, 7) is 3.61. The highest BCUT2D eigenvalue weighted by atomic mass is 32.2. The average molecular weight is 318 g/mol. The zero-order valence-electron chi connectivity index (χ0n) is 11.6. The molecule has 1 aliphatic rings. The fourth-order valence-corrected chi connectivity index (χ4v) is 3.66. The summed E-state index contributed by atoms with van der Waals surface area (Å²) in [5.74, 6) is -1.03. The van der Waals surface area contributed by atoms with Gasteiger partial charge in [-0.15, -0.1) is 0 Å². The Morgan fingerprint density at radius 1 is 1.48 bits per heavy atom. The van der Waals surface area contributed by atoms with Crippen LogP contribution in [-0.2, 0) is 14.8 Å². The van der Waals surface area contributed by atoms with Crippen LogP contribution < -0.4 is 4.72 Å². The van der Waals surface area contributed by atoms with Gasteiger partial charge in [0, 0.05) is 12.7 Å². The van der Waals surface area contributed by atoms with Crippen molar-refractivity contribution >= 4 is 15.7 Å². The molecule has 0 saturated carbocycles. The first-order chi connectivity index (χ1) is 9.65. The van der Waals surface area contributed by atoms with Crippen molar-refractivity contribution in [3.63, 3.8) is 0 Å². The highest BCUT2D eigenvalue weighted by molar-refractivity contribution is 7.89. The summed E-state index contributed by atoms with van der Waals surface area (Å²) in [4.78, 5) is 9.52. The lowest BCUT2D eigenvalue weighted by molar-refractivity contribution is -0.387. The van der Waals surface area contributed by atoms with Gasteiger partial charge in [-0.2, -0.15) is 4.39 Å². The quantitative estimate of drug-likeness (QED) is 0.670. The van der Waals surface area contributed by atoms with E-state index in [2.05, 4.69) is 4.72 Å². The van der Waals surface area contributed by atoms with Crippen LogP contribution in [0.15, 0.2) is 17.0 Å². The molecule has 0 radical (unpaired) electrons. The van der Waals surface area contributed by atoms with Crippen LogP contribution in [0.4, 0.5) is 10.1 Å². The summed E-state index contributed by atoms with van der Waals surface area (Å²) >= 11 is 0. The van der Waals surface area contributed by atoms with Gasteiger partial charge in [0.1, 0.15) is 0 Å². The number of sulfonamides is 1. The van der Waals surface area contributed by atoms with Crippen LogP contribution in [0.5, 0.6) is 0 Å². The number of aryl methyl sites for hydroxylation is 1. The summed E-state index contributed by atoms with van der Waals surface area (Å²) in [7, 11) is -4.00. The lowest BCUT2D eigenvalue weighted by Gasteiger charge is -2.23. The molecule has 1 saturated heterocycles. The van der Waals surface area contributed by atoms with Crippen LogP contribution in [0.25, 0.3) is 0 Å². The van der Waals surface area contributed by atoms with Crippen molar-refractivity contribution < 1.29 is 22.5 Å². The van der Waals surface area contributed by atoms with Gasteiger partial charge < -0.3 is 4.74 Å². The van der Waals surface area contributed by atoms with Gasteiger partial charge in [0.2, 0.25) is 15.8 Å². The molecule has 7 nitrogen and oxygen atoms in total. The van der Waals surface area contributed by atoms with E-state index in [9.17, 15) is 22.9 Å². The summed E-state index contributed by atoms with van der Waals surface area (Å²) in [6, 6.07) is 1.80. The molecule has 1 unspecified atom stereocenters. The smallest absolute Gasteiger partial charge is 0.306 e. The van der Waals surface area contributed by atoms with Crippen molar-refractivity contribution in [2.24, 2.45) is 0 Å². The Hall–Kier alpha value is -1.58. The van der Waals surface area contributed by atoms with Crippen LogP contribution in [0, 0.1) is 22.9 Å². The van der Waals surface area contributed by atoms with Crippen molar-refractivity contribution in [1.29, 1.82) is 0 Å². The molecule has 0 aromatic heterocycles. The molecule has 1 fully saturated rings. The molecule has 2 rings (SSSR count). The molecule has 1 heterocycles. The van der Waals surface area contributed by atoms with E-state index < -0.39 is 32.0 Å². The Balaban J connectivity index is 2.43. The number of rotatable bonds is 4. The molecule has 116 valence electrons. The van der Waals surface area contributed by atoms with E-state index in [1.165, 1.54) is 6.92 Å². The lowest BCUT2D eigenvalue weighted by Crippen LogP contribution is -2.46. The Bertz CT molecular complexity index is 683. The third-order valence-corrected chi connectivity index (χ3v) is 4.93. The van der Waals surface area contributed by atoms with Crippen molar-refractivity contribution in [2.45, 2.75) is 30.7 Å². The molecule has 1 aliphatic heterocycles. The van der Waals surface area contributed by atoms with E-state index >= 15 is 0 Å². The van der Waals surface area contributed by atoms with E-state index in [-0.39, 0.29) is 17.1 Å². The third-order valence-electron chi connectivity index (χ3n) is 3.32. The monoisotopic (exact) mass is 318 g/mol. The first-order valence-electron chi connectivity index (χ1n) is 6.21. The van der Waals surface area contributed by atoms with E-state index in [0.29, 0.717) is 13.0 Å². The van der Waals surface area contributed by atoms with Crippen LogP contribution in [0.3, 0.4) is 0 Å². The highest BCUT2D eigenvalue weighted by Gasteiger charge is 2.35. The number of halogens is 1. The number of nitrogens with zero attached hydrogens (tertiary/aromatic N) is 1. The second kappa shape index (κ2) is 5.32. The number of ether oxygens (including phenoxy) is 1. The Labute approximate surface area is 121 Å². The van der Waals surface area contributed by atoms with Gasteiger partial charge in [-0.1, -0.05) is 0 Å². The molecule has 0 aliphatic carbocycles. The first kappa shape index (κ1) is 15.8. The van der Waals surface area contributed by atoms with Crippen LogP contribution in [-0.4, -0.2) is 32.1 Å². The second-order valence-corrected chi connectivity index (χ2v) is 6.98. The number of hydrogen-bond acceptors (Lipinski definition) is 5. The standard InChI is InChI=1S/C12H15FN2O5S/c1-8-5-9(6-10(11(8)13)15(16)17)21(18,19)14-12(2)3-4-20-7-12/h5-6,14H,3-4,7H2,1-2H3. The number of nitrogens with one attached hydrogen (secondary N) is 1. The van der Waals surface area contributed by atoms with Gasteiger partial charge in [-0.05, 0) is 31.9 Å². The minimum atomic E-state index is -4.00. The van der Waals surface area contributed by atoms with Crippen LogP contribution >= 0.6 is 0 Å². The number of nitro groups is 1. The number of hydrogen-bond donors (Lipinski definition) is 1. The fraction of sp³-hybridized carbons (Fsp3) is 0.500. The normalized spacial score (nSPS) is 22.4. The summed E-state index contributed by atoms with van der Waals surface area (Å²) in [5.41, 5.74) is -1.73. The minimum absolute atomic E-state index is 0.0996. The van der Waals surface area contributed by atoms with Crippen LogP contribution in [0.1, 0.15) is 18.9 Å². The average Bonchev–Trinajstić information content (AvgIpc) is 2.77. The van der Waals surface area contributed by atoms with E-state index in [1.807, 2.05) is 0 Å². The topological polar surface area (TPSA) is 98.5 Å². The number of nitro benzene ring substituents is 1. The predicted molar refractivity (Wildman–Crippen MR) is 72.0 cm³/mol. The predicted octanol–water partition coefficient (Wildman–Crippen LogP) is 1.50. The fourth-order valence-electron chi connectivity index (χ4n) is 2.14. The maximum absolute atomic E-state index is 13.6. The Morgan fingerprint density at radius 2 is 2.14 bits per heavy atom. The molecule has 21 heavy (non-hydrogen) atoms. The van der Waals surface area contributed by atoms with Crippen molar-refractivity contribution in [3.05, 3.63) is 33.6 Å². The van der Waals surface area contributed by atoms with Crippen molar-refractivity contribution in [2.75, 3.05) is 13.2 Å². The minimum Gasteiger partial charge on any atom is -0.379 e. The molecule has 1 atom stereocenters. The largest absolute Gasteiger partial charge is 0.379 e. The number of benzene rings is 1. The molecule has 0 spiro atoms. The maximum Gasteiger partial charge on any atom is 0.306 e. The van der Waals surface area contributed by atoms with Crippen LogP contribution in [0.2, 0.25) is 0 Å². The summed E-state index contributed by atoms with van der Waals surface area (Å²) < 4.78 is 45.9. The Morgan fingerprint density at radius 3 is 2.67 bits per heavy atom. The lowest BCUT2D eigenvalue weighted by atomic mass is 10.0. The first-order valence-corrected chi connectivity index (χ1v) is 7.69. The van der Waals surface area contributed by atoms with E-state index in [0.717, 1.165) is 12.1 Å². The van der Waals surface area contributed by atoms with Gasteiger partial charge >= 0.3 is 5.69 Å². The van der Waals surface area contributed by atoms with Gasteiger partial charge in [0.15, 0.2) is 0 Å². The van der Waals surface area contributed by atoms with Gasteiger partial charge in [0.25, 0.3) is 0 Å². The summed E-state index contributed by atoms with van der Waals surface area (Å²) in [6.07, 6.45) is 0.495. The zero-order chi connectivity index (χ0) is 15.8. The van der Waals surface area contributed by atoms with E-state index in [1.54, 1.807) is 6.92 Å². The molecule has 0 bridgehead atoms. The molecule has 1 aromatic carbocycles. The van der Waals surface area contributed by atoms with E-state index in [4.69, 9.17) is 4.74 Å². The molecule has 0 amide bonds. The van der Waals surface area contributed by atoms with Crippen molar-refractivity contribution in [3.8, 4) is 0 Å². The Kier molecular flexibility index (Phi) is 4.00. The van der Waals surface area contributed by atoms with Gasteiger partial charge in [0.05, 0.1) is 22.0 Å².